The molecule has 1 atom stereocenters. The lowest BCUT2D eigenvalue weighted by atomic mass is 10.0. The molecule has 5 nitrogen and oxygen atoms in total. The van der Waals surface area contributed by atoms with Crippen molar-refractivity contribution >= 4 is 11.8 Å². The van der Waals surface area contributed by atoms with Crippen LogP contribution in [0.1, 0.15) is 54.0 Å². The summed E-state index contributed by atoms with van der Waals surface area (Å²) >= 11 is 0. The first-order valence-corrected chi connectivity index (χ1v) is 7.75. The number of carboxylic acids is 1. The van der Waals surface area contributed by atoms with Crippen LogP contribution in [0.15, 0.2) is 30.5 Å². The Morgan fingerprint density at radius 2 is 2.05 bits per heavy atom. The maximum atomic E-state index is 12.8. The van der Waals surface area contributed by atoms with Gasteiger partial charge in [0, 0.05) is 25.0 Å². The molecule has 0 radical (unpaired) electrons. The number of nitrogens with zero attached hydrogens (tertiary/aromatic N) is 2. The third kappa shape index (κ3) is 2.36. The Kier molecular flexibility index (Phi) is 3.88. The average Bonchev–Trinajstić information content (AvgIpc) is 3.08. The molecule has 5 heteroatoms. The summed E-state index contributed by atoms with van der Waals surface area (Å²) in [5, 5.41) is 9.42. The molecule has 0 bridgehead atoms. The van der Waals surface area contributed by atoms with Crippen LogP contribution in [0.3, 0.4) is 0 Å². The van der Waals surface area contributed by atoms with Crippen LogP contribution >= 0.6 is 0 Å². The molecule has 0 spiro atoms. The summed E-state index contributed by atoms with van der Waals surface area (Å²) in [4.78, 5) is 24.3. The van der Waals surface area contributed by atoms with Crippen molar-refractivity contribution in [3.8, 4) is 0 Å². The van der Waals surface area contributed by atoms with Crippen LogP contribution in [-0.4, -0.2) is 26.0 Å². The molecule has 0 saturated heterocycles. The van der Waals surface area contributed by atoms with E-state index in [0.29, 0.717) is 24.4 Å². The van der Waals surface area contributed by atoms with Crippen molar-refractivity contribution in [3.63, 3.8) is 0 Å². The van der Waals surface area contributed by atoms with E-state index in [0.717, 1.165) is 25.1 Å². The number of hydrogen-bond donors (Lipinski definition) is 1. The van der Waals surface area contributed by atoms with E-state index in [1.807, 2.05) is 34.4 Å². The van der Waals surface area contributed by atoms with Crippen molar-refractivity contribution in [2.24, 2.45) is 0 Å². The van der Waals surface area contributed by atoms with Gasteiger partial charge in [-0.05, 0) is 44.0 Å². The van der Waals surface area contributed by atoms with E-state index in [1.54, 1.807) is 12.1 Å². The fourth-order valence-corrected chi connectivity index (χ4v) is 3.28. The summed E-state index contributed by atoms with van der Waals surface area (Å²) in [6, 6.07) is 7.25. The Morgan fingerprint density at radius 3 is 2.77 bits per heavy atom. The first-order valence-electron chi connectivity index (χ1n) is 7.75. The summed E-state index contributed by atoms with van der Waals surface area (Å²) in [6.07, 6.45) is 4.30. The first-order chi connectivity index (χ1) is 10.6. The predicted octanol–water partition coefficient (Wildman–Crippen LogP) is 2.89. The summed E-state index contributed by atoms with van der Waals surface area (Å²) in [5.74, 6) is -1.36. The lowest BCUT2D eigenvalue weighted by molar-refractivity contribution is -0.139. The SMILES string of the molecule is CCn1cccc1C(=O)c1ccc2n1CCCCC2C(=O)O. The minimum atomic E-state index is -0.808. The molecule has 3 rings (SSSR count). The smallest absolute Gasteiger partial charge is 0.312 e. The molecule has 2 aromatic heterocycles. The van der Waals surface area contributed by atoms with Gasteiger partial charge in [-0.1, -0.05) is 6.42 Å². The van der Waals surface area contributed by atoms with Crippen molar-refractivity contribution in [3.05, 3.63) is 47.5 Å². The van der Waals surface area contributed by atoms with Gasteiger partial charge in [-0.25, -0.2) is 0 Å². The lowest BCUT2D eigenvalue weighted by Crippen LogP contribution is -2.18. The van der Waals surface area contributed by atoms with Gasteiger partial charge in [-0.15, -0.1) is 0 Å². The summed E-state index contributed by atoms with van der Waals surface area (Å²) in [7, 11) is 0. The van der Waals surface area contributed by atoms with Crippen LogP contribution in [0.5, 0.6) is 0 Å². The zero-order valence-electron chi connectivity index (χ0n) is 12.7. The number of rotatable bonds is 4. The predicted molar refractivity (Wildman–Crippen MR) is 82.2 cm³/mol. The Balaban J connectivity index is 2.03. The molecule has 22 heavy (non-hydrogen) atoms. The monoisotopic (exact) mass is 300 g/mol. The molecule has 2 aromatic rings. The van der Waals surface area contributed by atoms with Crippen molar-refractivity contribution in [1.29, 1.82) is 0 Å². The summed E-state index contributed by atoms with van der Waals surface area (Å²) in [5.41, 5.74) is 2.00. The van der Waals surface area contributed by atoms with Gasteiger partial charge in [0.15, 0.2) is 0 Å². The first kappa shape index (κ1) is 14.6. The molecule has 1 aliphatic heterocycles. The highest BCUT2D eigenvalue weighted by Crippen LogP contribution is 2.29. The maximum Gasteiger partial charge on any atom is 0.312 e. The number of aromatic nitrogens is 2. The van der Waals surface area contributed by atoms with Crippen molar-refractivity contribution in [2.45, 2.75) is 45.2 Å². The second kappa shape index (κ2) is 5.83. The number of carbonyl (C=O) groups is 2. The number of carboxylic acid groups (broad SMARTS) is 1. The third-order valence-corrected chi connectivity index (χ3v) is 4.43. The number of fused-ring (bicyclic) bond motifs is 1. The van der Waals surface area contributed by atoms with E-state index in [4.69, 9.17) is 0 Å². The summed E-state index contributed by atoms with van der Waals surface area (Å²) < 4.78 is 3.81. The molecule has 1 N–H and O–H groups in total. The number of aryl methyl sites for hydroxylation is 1. The molecule has 0 amide bonds. The minimum Gasteiger partial charge on any atom is -0.481 e. The maximum absolute atomic E-state index is 12.8. The van der Waals surface area contributed by atoms with Gasteiger partial charge in [0.05, 0.1) is 17.3 Å². The standard InChI is InChI=1S/C17H20N2O3/c1-2-18-10-5-7-14(18)16(20)15-9-8-13-12(17(21)22)6-3-4-11-19(13)15/h5,7-10,12H,2-4,6,11H2,1H3,(H,21,22). The Morgan fingerprint density at radius 1 is 1.23 bits per heavy atom. The Labute approximate surface area is 129 Å². The van der Waals surface area contributed by atoms with Crippen molar-refractivity contribution < 1.29 is 14.7 Å². The van der Waals surface area contributed by atoms with E-state index in [9.17, 15) is 14.7 Å². The molecule has 116 valence electrons. The summed E-state index contributed by atoms with van der Waals surface area (Å²) in [6.45, 7) is 3.44. The highest BCUT2D eigenvalue weighted by Gasteiger charge is 2.28. The largest absolute Gasteiger partial charge is 0.481 e. The van der Waals surface area contributed by atoms with Gasteiger partial charge >= 0.3 is 5.97 Å². The zero-order chi connectivity index (χ0) is 15.7. The zero-order valence-corrected chi connectivity index (χ0v) is 12.7. The quantitative estimate of drug-likeness (QED) is 0.883. The van der Waals surface area contributed by atoms with Crippen LogP contribution in [0.25, 0.3) is 0 Å². The highest BCUT2D eigenvalue weighted by atomic mass is 16.4. The average molecular weight is 300 g/mol. The third-order valence-electron chi connectivity index (χ3n) is 4.43. The minimum absolute atomic E-state index is 0.0378. The Hall–Kier alpha value is -2.30. The fraction of sp³-hybridized carbons (Fsp3) is 0.412. The van der Waals surface area contributed by atoms with Gasteiger partial charge < -0.3 is 14.2 Å². The van der Waals surface area contributed by atoms with Crippen LogP contribution in [0.2, 0.25) is 0 Å². The van der Waals surface area contributed by atoms with Crippen LogP contribution in [-0.2, 0) is 17.9 Å². The molecule has 3 heterocycles. The molecular weight excluding hydrogens is 280 g/mol. The molecule has 1 unspecified atom stereocenters. The number of hydrogen-bond acceptors (Lipinski definition) is 2. The van der Waals surface area contributed by atoms with Gasteiger partial charge in [0.25, 0.3) is 0 Å². The van der Waals surface area contributed by atoms with Gasteiger partial charge in [-0.2, -0.15) is 0 Å². The lowest BCUT2D eigenvalue weighted by Gasteiger charge is -2.14. The van der Waals surface area contributed by atoms with Crippen molar-refractivity contribution in [1.82, 2.24) is 9.13 Å². The normalized spacial score (nSPS) is 17.8. The second-order valence-electron chi connectivity index (χ2n) is 5.69. The number of aliphatic carboxylic acids is 1. The van der Waals surface area contributed by atoms with E-state index in [2.05, 4.69) is 0 Å². The van der Waals surface area contributed by atoms with Gasteiger partial charge in [0.2, 0.25) is 5.78 Å². The van der Waals surface area contributed by atoms with Crippen molar-refractivity contribution in [2.75, 3.05) is 0 Å². The molecule has 0 saturated carbocycles. The second-order valence-corrected chi connectivity index (χ2v) is 5.69. The van der Waals surface area contributed by atoms with E-state index >= 15 is 0 Å². The Bertz CT molecular complexity index is 711. The number of ketones is 1. The van der Waals surface area contributed by atoms with Crippen LogP contribution < -0.4 is 0 Å². The topological polar surface area (TPSA) is 64.2 Å². The fourth-order valence-electron chi connectivity index (χ4n) is 3.28. The van der Waals surface area contributed by atoms with Crippen LogP contribution in [0.4, 0.5) is 0 Å². The van der Waals surface area contributed by atoms with E-state index in [1.165, 1.54) is 0 Å². The van der Waals surface area contributed by atoms with E-state index < -0.39 is 11.9 Å². The molecule has 0 aromatic carbocycles. The van der Waals surface area contributed by atoms with Crippen LogP contribution in [0, 0.1) is 0 Å². The van der Waals surface area contributed by atoms with Gasteiger partial charge in [-0.3, -0.25) is 9.59 Å². The molecule has 0 fully saturated rings. The van der Waals surface area contributed by atoms with E-state index in [-0.39, 0.29) is 5.78 Å². The molecule has 0 aliphatic carbocycles. The number of carbonyl (C=O) groups excluding carboxylic acids is 1. The van der Waals surface area contributed by atoms with Gasteiger partial charge in [0.1, 0.15) is 0 Å². The molecular formula is C17H20N2O3. The molecule has 1 aliphatic rings. The highest BCUT2D eigenvalue weighted by molar-refractivity contribution is 6.07.